The van der Waals surface area contributed by atoms with Crippen LogP contribution in [0.3, 0.4) is 0 Å². The first-order valence-electron chi connectivity index (χ1n) is 9.04. The number of carbonyl (C=O) groups is 2. The number of nitrogens with zero attached hydrogens (tertiary/aromatic N) is 2. The number of anilines is 1. The maximum absolute atomic E-state index is 12.6. The van der Waals surface area contributed by atoms with Crippen LogP contribution in [0.2, 0.25) is 0 Å². The second-order valence-corrected chi connectivity index (χ2v) is 6.62. The van der Waals surface area contributed by atoms with Gasteiger partial charge in [-0.05, 0) is 6.07 Å². The molecule has 0 aliphatic carbocycles. The van der Waals surface area contributed by atoms with Crippen LogP contribution in [0.1, 0.15) is 28.8 Å². The number of nitrogens with one attached hydrogen (secondary N) is 1. The molecule has 1 aliphatic heterocycles. The van der Waals surface area contributed by atoms with Crippen molar-refractivity contribution >= 4 is 17.5 Å². The van der Waals surface area contributed by atoms with E-state index in [9.17, 15) is 22.8 Å². The Bertz CT molecular complexity index is 815. The van der Waals surface area contributed by atoms with Crippen molar-refractivity contribution in [1.29, 1.82) is 0 Å². The van der Waals surface area contributed by atoms with Gasteiger partial charge < -0.3 is 4.90 Å². The van der Waals surface area contributed by atoms with Gasteiger partial charge in [0.15, 0.2) is 5.78 Å². The summed E-state index contributed by atoms with van der Waals surface area (Å²) in [6.45, 7) is 1.96. The van der Waals surface area contributed by atoms with E-state index in [-0.39, 0.29) is 24.5 Å². The summed E-state index contributed by atoms with van der Waals surface area (Å²) in [7, 11) is 0. The number of H-pyrrole nitrogens is 1. The predicted octanol–water partition coefficient (Wildman–Crippen LogP) is 2.83. The lowest BCUT2D eigenvalue weighted by atomic mass is 10.1. The number of hydrogen-bond donors (Lipinski definition) is 0. The molecule has 8 heteroatoms. The first-order valence-corrected chi connectivity index (χ1v) is 9.04. The highest BCUT2D eigenvalue weighted by atomic mass is 19.4. The van der Waals surface area contributed by atoms with Crippen LogP contribution in [0.25, 0.3) is 0 Å². The monoisotopic (exact) mass is 392 g/mol. The maximum atomic E-state index is 12.6. The number of Topliss-reactive ketones (excluding diaryl/α,β-unsaturated/α-hetero) is 1. The molecule has 1 aromatic heterocycles. The summed E-state index contributed by atoms with van der Waals surface area (Å²) in [6.07, 6.45) is -3.12. The van der Waals surface area contributed by atoms with Crippen LogP contribution in [0.5, 0.6) is 0 Å². The van der Waals surface area contributed by atoms with Gasteiger partial charge in [0.2, 0.25) is 5.91 Å². The van der Waals surface area contributed by atoms with Gasteiger partial charge in [-0.25, -0.2) is 4.98 Å². The van der Waals surface area contributed by atoms with E-state index in [0.717, 1.165) is 12.3 Å². The van der Waals surface area contributed by atoms with E-state index in [1.165, 1.54) is 6.07 Å². The SMILES string of the molecule is O=C(CCC(=O)N1CCN(c2ccc(C(F)(F)F)c[nH+]2)CC1)c1ccccc1. The molecular weight excluding hydrogens is 371 g/mol. The minimum Gasteiger partial charge on any atom is -0.335 e. The van der Waals surface area contributed by atoms with Crippen molar-refractivity contribution in [3.63, 3.8) is 0 Å². The smallest absolute Gasteiger partial charge is 0.335 e. The Kier molecular flexibility index (Phi) is 5.96. The minimum atomic E-state index is -4.38. The molecule has 2 heterocycles. The summed E-state index contributed by atoms with van der Waals surface area (Å²) in [4.78, 5) is 30.7. The van der Waals surface area contributed by atoms with Crippen LogP contribution in [-0.2, 0) is 11.0 Å². The molecule has 0 spiro atoms. The lowest BCUT2D eigenvalue weighted by molar-refractivity contribution is -0.367. The number of hydrogen-bond acceptors (Lipinski definition) is 3. The molecule has 28 heavy (non-hydrogen) atoms. The van der Waals surface area contributed by atoms with Gasteiger partial charge >= 0.3 is 6.18 Å². The van der Waals surface area contributed by atoms with Crippen LogP contribution in [0.4, 0.5) is 19.0 Å². The highest BCUT2D eigenvalue weighted by molar-refractivity contribution is 5.97. The first kappa shape index (κ1) is 19.9. The zero-order valence-electron chi connectivity index (χ0n) is 15.2. The normalized spacial score (nSPS) is 14.8. The standard InChI is InChI=1S/C20H20F3N3O2/c21-20(22,23)16-6-8-18(24-14-16)25-10-12-26(13-11-25)19(28)9-7-17(27)15-4-2-1-3-5-15/h1-6,8,14H,7,9-13H2/p+1. The van der Waals surface area contributed by atoms with Crippen molar-refractivity contribution in [3.05, 3.63) is 59.8 Å². The van der Waals surface area contributed by atoms with Crippen molar-refractivity contribution in [1.82, 2.24) is 4.90 Å². The number of piperazine rings is 1. The van der Waals surface area contributed by atoms with Gasteiger partial charge in [-0.2, -0.15) is 13.2 Å². The summed E-state index contributed by atoms with van der Waals surface area (Å²) in [6, 6.07) is 11.3. The molecule has 5 nitrogen and oxygen atoms in total. The predicted molar refractivity (Wildman–Crippen MR) is 96.8 cm³/mol. The van der Waals surface area contributed by atoms with Gasteiger partial charge in [-0.15, -0.1) is 0 Å². The second kappa shape index (κ2) is 8.41. The van der Waals surface area contributed by atoms with E-state index >= 15 is 0 Å². The molecule has 1 fully saturated rings. The maximum Gasteiger partial charge on any atom is 0.419 e. The lowest BCUT2D eigenvalue weighted by Gasteiger charge is -2.31. The van der Waals surface area contributed by atoms with Crippen molar-refractivity contribution in [3.8, 4) is 0 Å². The topological polar surface area (TPSA) is 54.8 Å². The van der Waals surface area contributed by atoms with Crippen LogP contribution in [-0.4, -0.2) is 42.8 Å². The molecule has 2 aromatic rings. The number of benzene rings is 1. The number of pyridine rings is 1. The molecular formula is C20H21F3N3O2+. The second-order valence-electron chi connectivity index (χ2n) is 6.62. The van der Waals surface area contributed by atoms with Gasteiger partial charge in [0.25, 0.3) is 5.82 Å². The minimum absolute atomic E-state index is 0.0630. The van der Waals surface area contributed by atoms with Gasteiger partial charge in [-0.3, -0.25) is 14.5 Å². The Balaban J connectivity index is 1.48. The van der Waals surface area contributed by atoms with E-state index in [0.29, 0.717) is 37.6 Å². The number of aromatic nitrogens is 1. The van der Waals surface area contributed by atoms with Crippen LogP contribution >= 0.6 is 0 Å². The molecule has 3 rings (SSSR count). The average Bonchev–Trinajstić information content (AvgIpc) is 2.72. The molecule has 148 valence electrons. The van der Waals surface area contributed by atoms with Crippen LogP contribution < -0.4 is 9.88 Å². The van der Waals surface area contributed by atoms with E-state index < -0.39 is 11.7 Å². The fourth-order valence-corrected chi connectivity index (χ4v) is 3.13. The van der Waals surface area contributed by atoms with Crippen molar-refractivity contribution in [2.75, 3.05) is 31.1 Å². The molecule has 0 bridgehead atoms. The number of halogens is 3. The van der Waals surface area contributed by atoms with E-state index in [4.69, 9.17) is 0 Å². The molecule has 0 radical (unpaired) electrons. The molecule has 1 N–H and O–H groups in total. The first-order chi connectivity index (χ1) is 13.3. The fourth-order valence-electron chi connectivity index (χ4n) is 3.13. The number of rotatable bonds is 5. The highest BCUT2D eigenvalue weighted by Crippen LogP contribution is 2.28. The Hall–Kier alpha value is -2.90. The molecule has 0 saturated carbocycles. The Morgan fingerprint density at radius 1 is 0.929 bits per heavy atom. The molecule has 1 aliphatic rings. The van der Waals surface area contributed by atoms with Crippen molar-refractivity contribution < 1.29 is 27.7 Å². The number of aromatic amines is 1. The number of amides is 1. The van der Waals surface area contributed by atoms with Crippen molar-refractivity contribution in [2.45, 2.75) is 19.0 Å². The van der Waals surface area contributed by atoms with Crippen LogP contribution in [0, 0.1) is 0 Å². The highest BCUT2D eigenvalue weighted by Gasteiger charge is 2.33. The zero-order chi connectivity index (χ0) is 20.1. The van der Waals surface area contributed by atoms with E-state index in [2.05, 4.69) is 4.98 Å². The molecule has 1 aromatic carbocycles. The fraction of sp³-hybridized carbons (Fsp3) is 0.350. The molecule has 0 atom stereocenters. The van der Waals surface area contributed by atoms with E-state index in [1.54, 1.807) is 29.2 Å². The van der Waals surface area contributed by atoms with Crippen LogP contribution in [0.15, 0.2) is 48.7 Å². The summed E-state index contributed by atoms with van der Waals surface area (Å²) in [5.74, 6) is 0.437. The Labute approximate surface area is 160 Å². The Morgan fingerprint density at radius 2 is 1.61 bits per heavy atom. The van der Waals surface area contributed by atoms with E-state index in [1.807, 2.05) is 11.0 Å². The third-order valence-corrected chi connectivity index (χ3v) is 4.76. The third kappa shape index (κ3) is 4.88. The van der Waals surface area contributed by atoms with Gasteiger partial charge in [0.05, 0.1) is 18.7 Å². The summed E-state index contributed by atoms with van der Waals surface area (Å²) in [5.41, 5.74) is -0.133. The van der Waals surface area contributed by atoms with Crippen molar-refractivity contribution in [2.24, 2.45) is 0 Å². The number of alkyl halides is 3. The lowest BCUT2D eigenvalue weighted by Crippen LogP contribution is -2.50. The summed E-state index contributed by atoms with van der Waals surface area (Å²) in [5, 5.41) is 0. The summed E-state index contributed by atoms with van der Waals surface area (Å²) < 4.78 is 37.9. The zero-order valence-corrected chi connectivity index (χ0v) is 15.2. The van der Waals surface area contributed by atoms with Gasteiger partial charge in [0, 0.05) is 24.5 Å². The average molecular weight is 392 g/mol. The largest absolute Gasteiger partial charge is 0.419 e. The number of ketones is 1. The van der Waals surface area contributed by atoms with Gasteiger partial charge in [0.1, 0.15) is 19.3 Å². The Morgan fingerprint density at radius 3 is 2.18 bits per heavy atom. The molecule has 1 saturated heterocycles. The number of carbonyl (C=O) groups excluding carboxylic acids is 2. The third-order valence-electron chi connectivity index (χ3n) is 4.76. The van der Waals surface area contributed by atoms with Gasteiger partial charge in [-0.1, -0.05) is 30.3 Å². The molecule has 1 amide bonds. The quantitative estimate of drug-likeness (QED) is 0.736. The summed E-state index contributed by atoms with van der Waals surface area (Å²) >= 11 is 0. The molecule has 0 unspecified atom stereocenters.